The zero-order valence-corrected chi connectivity index (χ0v) is 11.8. The lowest BCUT2D eigenvalue weighted by molar-refractivity contribution is 0.387. The van der Waals surface area contributed by atoms with Crippen LogP contribution >= 0.6 is 0 Å². The van der Waals surface area contributed by atoms with Gasteiger partial charge in [-0.15, -0.1) is 0 Å². The summed E-state index contributed by atoms with van der Waals surface area (Å²) in [6, 6.07) is 11.1. The van der Waals surface area contributed by atoms with Gasteiger partial charge in [0, 0.05) is 6.07 Å². The van der Waals surface area contributed by atoms with Gasteiger partial charge in [0.05, 0.1) is 29.3 Å². The molecule has 2 aromatic carbocycles. The van der Waals surface area contributed by atoms with Gasteiger partial charge in [-0.1, -0.05) is 6.07 Å². The minimum absolute atomic E-state index is 0.0511. The summed E-state index contributed by atoms with van der Waals surface area (Å²) in [6.45, 7) is 0. The molecule has 21 heavy (non-hydrogen) atoms. The van der Waals surface area contributed by atoms with Gasteiger partial charge in [0.25, 0.3) is 10.0 Å². The second kappa shape index (κ2) is 5.81. The standard InChI is InChI=1S/C14H11FN2O3S/c1-20-14-8-11(5-6-13(14)15)17-21(18,19)12-4-2-3-10(7-12)9-16/h2-8,17H,1H3. The van der Waals surface area contributed by atoms with Crippen molar-refractivity contribution in [3.8, 4) is 11.8 Å². The van der Waals surface area contributed by atoms with E-state index in [9.17, 15) is 12.8 Å². The summed E-state index contributed by atoms with van der Waals surface area (Å²) < 4.78 is 44.8. The van der Waals surface area contributed by atoms with Gasteiger partial charge < -0.3 is 4.74 Å². The van der Waals surface area contributed by atoms with Crippen LogP contribution < -0.4 is 9.46 Å². The monoisotopic (exact) mass is 306 g/mol. The molecular formula is C14H11FN2O3S. The average molecular weight is 306 g/mol. The first kappa shape index (κ1) is 14.8. The number of hydrogen-bond donors (Lipinski definition) is 1. The molecule has 2 aromatic rings. The van der Waals surface area contributed by atoms with Crippen molar-refractivity contribution >= 4 is 15.7 Å². The minimum atomic E-state index is -3.86. The Morgan fingerprint density at radius 2 is 2.00 bits per heavy atom. The summed E-state index contributed by atoms with van der Waals surface area (Å²) in [5.74, 6) is -0.659. The van der Waals surface area contributed by atoms with E-state index in [1.54, 1.807) is 0 Å². The Hall–Kier alpha value is -2.59. The largest absolute Gasteiger partial charge is 0.494 e. The molecule has 0 heterocycles. The Morgan fingerprint density at radius 1 is 1.24 bits per heavy atom. The molecule has 0 spiro atoms. The second-order valence-corrected chi connectivity index (χ2v) is 5.78. The highest BCUT2D eigenvalue weighted by atomic mass is 32.2. The number of methoxy groups -OCH3 is 1. The maximum Gasteiger partial charge on any atom is 0.261 e. The average Bonchev–Trinajstić information content (AvgIpc) is 2.49. The van der Waals surface area contributed by atoms with Gasteiger partial charge in [0.2, 0.25) is 0 Å². The maximum atomic E-state index is 13.3. The van der Waals surface area contributed by atoms with Crippen molar-refractivity contribution in [1.82, 2.24) is 0 Å². The van der Waals surface area contributed by atoms with Gasteiger partial charge in [0.1, 0.15) is 0 Å². The lowest BCUT2D eigenvalue weighted by Crippen LogP contribution is -2.13. The van der Waals surface area contributed by atoms with E-state index in [0.29, 0.717) is 0 Å². The zero-order chi connectivity index (χ0) is 15.5. The molecule has 0 saturated carbocycles. The summed E-state index contributed by atoms with van der Waals surface area (Å²) in [5, 5.41) is 8.79. The highest BCUT2D eigenvalue weighted by Gasteiger charge is 2.15. The zero-order valence-electron chi connectivity index (χ0n) is 11.0. The molecule has 0 atom stereocenters. The fourth-order valence-electron chi connectivity index (χ4n) is 1.67. The van der Waals surface area contributed by atoms with Crippen LogP contribution in [0.3, 0.4) is 0 Å². The predicted molar refractivity (Wildman–Crippen MR) is 74.9 cm³/mol. The lowest BCUT2D eigenvalue weighted by atomic mass is 10.2. The molecule has 0 aliphatic rings. The van der Waals surface area contributed by atoms with Gasteiger partial charge in [0.15, 0.2) is 11.6 Å². The molecular weight excluding hydrogens is 295 g/mol. The van der Waals surface area contributed by atoms with Crippen molar-refractivity contribution in [1.29, 1.82) is 5.26 Å². The summed E-state index contributed by atoms with van der Waals surface area (Å²) in [5.41, 5.74) is 0.394. The SMILES string of the molecule is COc1cc(NS(=O)(=O)c2cccc(C#N)c2)ccc1F. The molecule has 7 heteroatoms. The van der Waals surface area contributed by atoms with Crippen LogP contribution in [0.2, 0.25) is 0 Å². The summed E-state index contributed by atoms with van der Waals surface area (Å²) >= 11 is 0. The first-order valence-corrected chi connectivity index (χ1v) is 7.31. The van der Waals surface area contributed by atoms with Crippen LogP contribution in [0.4, 0.5) is 10.1 Å². The molecule has 0 unspecified atom stereocenters. The van der Waals surface area contributed by atoms with E-state index in [0.717, 1.165) is 6.07 Å². The fraction of sp³-hybridized carbons (Fsp3) is 0.0714. The molecule has 0 fully saturated rings. The van der Waals surface area contributed by atoms with Crippen molar-refractivity contribution in [3.05, 3.63) is 53.8 Å². The van der Waals surface area contributed by atoms with Gasteiger partial charge in [-0.3, -0.25) is 4.72 Å². The van der Waals surface area contributed by atoms with E-state index in [2.05, 4.69) is 4.72 Å². The van der Waals surface area contributed by atoms with Crippen molar-refractivity contribution in [3.63, 3.8) is 0 Å². The van der Waals surface area contributed by atoms with Gasteiger partial charge in [-0.25, -0.2) is 12.8 Å². The molecule has 0 aliphatic heterocycles. The van der Waals surface area contributed by atoms with Crippen LogP contribution in [0, 0.1) is 17.1 Å². The molecule has 0 aromatic heterocycles. The van der Waals surface area contributed by atoms with E-state index in [1.165, 1.54) is 43.5 Å². The summed E-state index contributed by atoms with van der Waals surface area (Å²) in [6.07, 6.45) is 0. The van der Waals surface area contributed by atoms with Crippen molar-refractivity contribution < 1.29 is 17.5 Å². The van der Waals surface area contributed by atoms with Crippen LogP contribution in [-0.2, 0) is 10.0 Å². The van der Waals surface area contributed by atoms with E-state index < -0.39 is 15.8 Å². The van der Waals surface area contributed by atoms with Gasteiger partial charge >= 0.3 is 0 Å². The van der Waals surface area contributed by atoms with Crippen molar-refractivity contribution in [2.45, 2.75) is 4.90 Å². The third-order valence-corrected chi connectivity index (χ3v) is 4.06. The Morgan fingerprint density at radius 3 is 2.67 bits per heavy atom. The predicted octanol–water partition coefficient (Wildman–Crippen LogP) is 2.51. The fourth-order valence-corrected chi connectivity index (χ4v) is 2.77. The van der Waals surface area contributed by atoms with Crippen molar-refractivity contribution in [2.75, 3.05) is 11.8 Å². The second-order valence-electron chi connectivity index (χ2n) is 4.09. The van der Waals surface area contributed by atoms with E-state index in [4.69, 9.17) is 10.00 Å². The normalized spacial score (nSPS) is 10.7. The number of nitriles is 1. The Kier molecular flexibility index (Phi) is 4.10. The van der Waals surface area contributed by atoms with Crippen LogP contribution in [0.1, 0.15) is 5.56 Å². The van der Waals surface area contributed by atoms with E-state index in [1.807, 2.05) is 6.07 Å². The number of rotatable bonds is 4. The Bertz CT molecular complexity index is 813. The molecule has 2 rings (SSSR count). The molecule has 0 amide bonds. The number of halogens is 1. The highest BCUT2D eigenvalue weighted by molar-refractivity contribution is 7.92. The molecule has 5 nitrogen and oxygen atoms in total. The van der Waals surface area contributed by atoms with Crippen LogP contribution in [0.15, 0.2) is 47.4 Å². The highest BCUT2D eigenvalue weighted by Crippen LogP contribution is 2.24. The number of hydrogen-bond acceptors (Lipinski definition) is 4. The molecule has 0 aliphatic carbocycles. The number of sulfonamides is 1. The van der Waals surface area contributed by atoms with Crippen LogP contribution in [0.25, 0.3) is 0 Å². The third kappa shape index (κ3) is 3.30. The topological polar surface area (TPSA) is 79.2 Å². The number of nitrogens with zero attached hydrogens (tertiary/aromatic N) is 1. The minimum Gasteiger partial charge on any atom is -0.494 e. The number of nitrogens with one attached hydrogen (secondary N) is 1. The Balaban J connectivity index is 2.35. The maximum absolute atomic E-state index is 13.3. The van der Waals surface area contributed by atoms with E-state index >= 15 is 0 Å². The van der Waals surface area contributed by atoms with Gasteiger partial charge in [-0.2, -0.15) is 5.26 Å². The first-order valence-electron chi connectivity index (χ1n) is 5.83. The molecule has 0 bridgehead atoms. The van der Waals surface area contributed by atoms with Crippen LogP contribution in [0.5, 0.6) is 5.75 Å². The molecule has 0 radical (unpaired) electrons. The smallest absolute Gasteiger partial charge is 0.261 e. The van der Waals surface area contributed by atoms with Crippen LogP contribution in [-0.4, -0.2) is 15.5 Å². The van der Waals surface area contributed by atoms with Crippen molar-refractivity contribution in [2.24, 2.45) is 0 Å². The molecule has 0 saturated heterocycles. The third-order valence-electron chi connectivity index (χ3n) is 2.68. The summed E-state index contributed by atoms with van der Waals surface area (Å²) in [4.78, 5) is -0.0511. The quantitative estimate of drug-likeness (QED) is 0.941. The lowest BCUT2D eigenvalue weighted by Gasteiger charge is -2.10. The number of ether oxygens (including phenoxy) is 1. The first-order chi connectivity index (χ1) is 9.96. The van der Waals surface area contributed by atoms with E-state index in [-0.39, 0.29) is 21.9 Å². The summed E-state index contributed by atoms with van der Waals surface area (Å²) in [7, 11) is -2.58. The molecule has 1 N–H and O–H groups in total. The van der Waals surface area contributed by atoms with Gasteiger partial charge in [-0.05, 0) is 30.3 Å². The molecule has 108 valence electrons. The number of benzene rings is 2. The number of anilines is 1. The Labute approximate surface area is 121 Å².